The SMILES string of the molecule is CC.Nc1cccc(C(=O)NC=O)c1. The van der Waals surface area contributed by atoms with Gasteiger partial charge in [-0.2, -0.15) is 0 Å². The lowest BCUT2D eigenvalue weighted by atomic mass is 10.2. The number of nitrogen functional groups attached to an aromatic ring is 1. The van der Waals surface area contributed by atoms with Gasteiger partial charge < -0.3 is 5.73 Å². The maximum absolute atomic E-state index is 11.0. The standard InChI is InChI=1S/C8H8N2O2.C2H6/c9-7-3-1-2-6(4-7)8(12)10-5-11;1-2/h1-5H,9H2,(H,10,11,12);1-2H3. The second kappa shape index (κ2) is 6.65. The first-order valence-electron chi connectivity index (χ1n) is 4.34. The number of benzene rings is 1. The van der Waals surface area contributed by atoms with E-state index in [9.17, 15) is 9.59 Å². The number of hydrogen-bond acceptors (Lipinski definition) is 3. The van der Waals surface area contributed by atoms with Crippen LogP contribution in [0.4, 0.5) is 5.69 Å². The molecule has 0 radical (unpaired) electrons. The molecule has 0 saturated heterocycles. The normalized spacial score (nSPS) is 8.14. The Morgan fingerprint density at radius 2 is 2.07 bits per heavy atom. The summed E-state index contributed by atoms with van der Waals surface area (Å²) in [6.07, 6.45) is 0.339. The zero-order valence-corrected chi connectivity index (χ0v) is 8.28. The average molecular weight is 194 g/mol. The molecule has 4 heteroatoms. The van der Waals surface area contributed by atoms with Crippen LogP contribution >= 0.6 is 0 Å². The Morgan fingerprint density at radius 3 is 2.57 bits per heavy atom. The second-order valence-electron chi connectivity index (χ2n) is 2.22. The number of imide groups is 1. The molecule has 0 bridgehead atoms. The predicted molar refractivity (Wildman–Crippen MR) is 55.7 cm³/mol. The first-order chi connectivity index (χ1) is 6.74. The fourth-order valence-corrected chi connectivity index (χ4v) is 0.817. The van der Waals surface area contributed by atoms with Crippen LogP contribution in [0.25, 0.3) is 0 Å². The van der Waals surface area contributed by atoms with Gasteiger partial charge >= 0.3 is 0 Å². The molecule has 1 aromatic rings. The molecule has 0 fully saturated rings. The molecule has 76 valence electrons. The average Bonchev–Trinajstić information content (AvgIpc) is 2.21. The van der Waals surface area contributed by atoms with Crippen molar-refractivity contribution in [2.24, 2.45) is 0 Å². The summed E-state index contributed by atoms with van der Waals surface area (Å²) in [6, 6.07) is 6.39. The van der Waals surface area contributed by atoms with Crippen LogP contribution in [0.3, 0.4) is 0 Å². The van der Waals surface area contributed by atoms with Crippen molar-refractivity contribution < 1.29 is 9.59 Å². The first kappa shape index (κ1) is 12.2. The molecular weight excluding hydrogens is 180 g/mol. The van der Waals surface area contributed by atoms with E-state index in [4.69, 9.17) is 5.73 Å². The van der Waals surface area contributed by atoms with Crippen LogP contribution in [0, 0.1) is 0 Å². The number of amides is 2. The molecule has 0 aliphatic rings. The summed E-state index contributed by atoms with van der Waals surface area (Å²) in [5.74, 6) is -0.447. The maximum Gasteiger partial charge on any atom is 0.257 e. The van der Waals surface area contributed by atoms with Gasteiger partial charge in [-0.1, -0.05) is 19.9 Å². The van der Waals surface area contributed by atoms with E-state index in [-0.39, 0.29) is 0 Å². The number of carbonyl (C=O) groups excluding carboxylic acids is 2. The van der Waals surface area contributed by atoms with E-state index in [1.807, 2.05) is 19.2 Å². The van der Waals surface area contributed by atoms with E-state index in [1.165, 1.54) is 6.07 Å². The fraction of sp³-hybridized carbons (Fsp3) is 0.200. The molecule has 1 rings (SSSR count). The highest BCUT2D eigenvalue weighted by molar-refractivity contribution is 6.00. The topological polar surface area (TPSA) is 72.2 Å². The summed E-state index contributed by atoms with van der Waals surface area (Å²) in [7, 11) is 0. The molecular formula is C10H14N2O2. The van der Waals surface area contributed by atoms with Gasteiger partial charge in [-0.05, 0) is 18.2 Å². The van der Waals surface area contributed by atoms with Crippen molar-refractivity contribution in [3.8, 4) is 0 Å². The van der Waals surface area contributed by atoms with Gasteiger partial charge in [0, 0.05) is 11.3 Å². The maximum atomic E-state index is 11.0. The lowest BCUT2D eigenvalue weighted by molar-refractivity contribution is -0.108. The molecule has 0 unspecified atom stereocenters. The Labute approximate surface area is 83.1 Å². The third-order valence-electron chi connectivity index (χ3n) is 1.34. The van der Waals surface area contributed by atoms with Gasteiger partial charge in [0.15, 0.2) is 0 Å². The van der Waals surface area contributed by atoms with Gasteiger partial charge in [0.25, 0.3) is 5.91 Å². The first-order valence-corrected chi connectivity index (χ1v) is 4.34. The molecule has 4 nitrogen and oxygen atoms in total. The number of carbonyl (C=O) groups is 2. The molecule has 0 aromatic heterocycles. The molecule has 0 aliphatic heterocycles. The van der Waals surface area contributed by atoms with Crippen LogP contribution in [0.5, 0.6) is 0 Å². The van der Waals surface area contributed by atoms with Crippen LogP contribution in [-0.4, -0.2) is 12.3 Å². The smallest absolute Gasteiger partial charge is 0.257 e. The Morgan fingerprint density at radius 1 is 1.43 bits per heavy atom. The predicted octanol–water partition coefficient (Wildman–Crippen LogP) is 1.18. The van der Waals surface area contributed by atoms with Crippen molar-refractivity contribution in [2.75, 3.05) is 5.73 Å². The number of rotatable bonds is 2. The van der Waals surface area contributed by atoms with Crippen LogP contribution in [-0.2, 0) is 4.79 Å². The zero-order chi connectivity index (χ0) is 11.0. The van der Waals surface area contributed by atoms with Crippen molar-refractivity contribution in [1.82, 2.24) is 5.32 Å². The molecule has 1 aromatic carbocycles. The second-order valence-corrected chi connectivity index (χ2v) is 2.22. The fourth-order valence-electron chi connectivity index (χ4n) is 0.817. The summed E-state index contributed by atoms with van der Waals surface area (Å²) < 4.78 is 0. The van der Waals surface area contributed by atoms with Gasteiger partial charge in [-0.3, -0.25) is 14.9 Å². The summed E-state index contributed by atoms with van der Waals surface area (Å²) >= 11 is 0. The zero-order valence-electron chi connectivity index (χ0n) is 8.28. The highest BCUT2D eigenvalue weighted by Gasteiger charge is 2.02. The molecule has 0 saturated carbocycles. The summed E-state index contributed by atoms with van der Waals surface area (Å²) in [5.41, 5.74) is 6.30. The van der Waals surface area contributed by atoms with Gasteiger partial charge in [-0.15, -0.1) is 0 Å². The molecule has 0 aliphatic carbocycles. The van der Waals surface area contributed by atoms with Crippen LogP contribution < -0.4 is 11.1 Å². The lowest BCUT2D eigenvalue weighted by Gasteiger charge is -1.98. The Balaban J connectivity index is 0.000000791. The van der Waals surface area contributed by atoms with Crippen molar-refractivity contribution in [1.29, 1.82) is 0 Å². The number of nitrogens with one attached hydrogen (secondary N) is 1. The van der Waals surface area contributed by atoms with Crippen molar-refractivity contribution in [2.45, 2.75) is 13.8 Å². The summed E-state index contributed by atoms with van der Waals surface area (Å²) in [6.45, 7) is 4.00. The number of anilines is 1. The molecule has 0 spiro atoms. The highest BCUT2D eigenvalue weighted by atomic mass is 16.2. The highest BCUT2D eigenvalue weighted by Crippen LogP contribution is 2.05. The quantitative estimate of drug-likeness (QED) is 0.548. The van der Waals surface area contributed by atoms with E-state index in [0.29, 0.717) is 17.7 Å². The van der Waals surface area contributed by atoms with Crippen LogP contribution in [0.15, 0.2) is 24.3 Å². The monoisotopic (exact) mass is 194 g/mol. The van der Waals surface area contributed by atoms with Crippen LogP contribution in [0.2, 0.25) is 0 Å². The van der Waals surface area contributed by atoms with E-state index in [1.54, 1.807) is 18.2 Å². The summed E-state index contributed by atoms with van der Waals surface area (Å²) in [4.78, 5) is 20.9. The number of nitrogens with two attached hydrogens (primary N) is 1. The third-order valence-corrected chi connectivity index (χ3v) is 1.34. The summed E-state index contributed by atoms with van der Waals surface area (Å²) in [5, 5.41) is 2.01. The molecule has 0 atom stereocenters. The van der Waals surface area contributed by atoms with Gasteiger partial charge in [-0.25, -0.2) is 0 Å². The van der Waals surface area contributed by atoms with E-state index in [0.717, 1.165) is 0 Å². The minimum Gasteiger partial charge on any atom is -0.399 e. The van der Waals surface area contributed by atoms with E-state index < -0.39 is 5.91 Å². The lowest BCUT2D eigenvalue weighted by Crippen LogP contribution is -2.21. The molecule has 2 amide bonds. The Bertz CT molecular complexity index is 311. The largest absolute Gasteiger partial charge is 0.399 e. The van der Waals surface area contributed by atoms with Gasteiger partial charge in [0.05, 0.1) is 0 Å². The molecule has 3 N–H and O–H groups in total. The van der Waals surface area contributed by atoms with Gasteiger partial charge in [0.2, 0.25) is 6.41 Å². The van der Waals surface area contributed by atoms with Crippen molar-refractivity contribution >= 4 is 18.0 Å². The Hall–Kier alpha value is -1.84. The van der Waals surface area contributed by atoms with Crippen molar-refractivity contribution in [3.05, 3.63) is 29.8 Å². The number of hydrogen-bond donors (Lipinski definition) is 2. The minimum absolute atomic E-state index is 0.339. The minimum atomic E-state index is -0.447. The van der Waals surface area contributed by atoms with Gasteiger partial charge in [0.1, 0.15) is 0 Å². The van der Waals surface area contributed by atoms with Crippen molar-refractivity contribution in [3.63, 3.8) is 0 Å². The van der Waals surface area contributed by atoms with E-state index in [2.05, 4.69) is 0 Å². The van der Waals surface area contributed by atoms with Crippen LogP contribution in [0.1, 0.15) is 24.2 Å². The van der Waals surface area contributed by atoms with E-state index >= 15 is 0 Å². The molecule has 0 heterocycles. The third kappa shape index (κ3) is 3.71. The Kier molecular flexibility index (Phi) is 5.78. The molecule has 14 heavy (non-hydrogen) atoms.